The van der Waals surface area contributed by atoms with E-state index in [1.165, 1.54) is 25.7 Å². The van der Waals surface area contributed by atoms with Gasteiger partial charge in [-0.25, -0.2) is 0 Å². The SMILES string of the molecule is CCCCCC(CC)(CN)COC. The van der Waals surface area contributed by atoms with Crippen LogP contribution in [0.15, 0.2) is 0 Å². The monoisotopic (exact) mass is 187 g/mol. The fourth-order valence-electron chi connectivity index (χ4n) is 1.71. The van der Waals surface area contributed by atoms with E-state index in [4.69, 9.17) is 10.5 Å². The molecule has 13 heavy (non-hydrogen) atoms. The van der Waals surface area contributed by atoms with Crippen molar-refractivity contribution in [2.45, 2.75) is 46.0 Å². The van der Waals surface area contributed by atoms with Crippen LogP contribution in [0, 0.1) is 5.41 Å². The van der Waals surface area contributed by atoms with Gasteiger partial charge in [0.2, 0.25) is 0 Å². The van der Waals surface area contributed by atoms with Crippen LogP contribution in [0.1, 0.15) is 46.0 Å². The fourth-order valence-corrected chi connectivity index (χ4v) is 1.71. The van der Waals surface area contributed by atoms with Crippen LogP contribution in [0.2, 0.25) is 0 Å². The quantitative estimate of drug-likeness (QED) is 0.593. The number of rotatable bonds is 8. The van der Waals surface area contributed by atoms with Crippen molar-refractivity contribution in [3.8, 4) is 0 Å². The molecule has 0 bridgehead atoms. The summed E-state index contributed by atoms with van der Waals surface area (Å²) >= 11 is 0. The third-order valence-corrected chi connectivity index (χ3v) is 2.94. The van der Waals surface area contributed by atoms with E-state index in [2.05, 4.69) is 13.8 Å². The van der Waals surface area contributed by atoms with Crippen molar-refractivity contribution in [3.63, 3.8) is 0 Å². The minimum absolute atomic E-state index is 0.240. The zero-order chi connectivity index (χ0) is 10.2. The Bertz CT molecular complexity index is 111. The van der Waals surface area contributed by atoms with E-state index in [0.29, 0.717) is 0 Å². The van der Waals surface area contributed by atoms with Crippen LogP contribution in [0.25, 0.3) is 0 Å². The lowest BCUT2D eigenvalue weighted by molar-refractivity contribution is 0.0726. The maximum Gasteiger partial charge on any atom is 0.0530 e. The van der Waals surface area contributed by atoms with Crippen molar-refractivity contribution in [3.05, 3.63) is 0 Å². The van der Waals surface area contributed by atoms with Gasteiger partial charge in [-0.1, -0.05) is 33.1 Å². The van der Waals surface area contributed by atoms with Crippen LogP contribution >= 0.6 is 0 Å². The molecular formula is C11H25NO. The Hall–Kier alpha value is -0.0800. The lowest BCUT2D eigenvalue weighted by atomic mass is 9.81. The molecule has 0 aromatic rings. The maximum absolute atomic E-state index is 5.81. The highest BCUT2D eigenvalue weighted by molar-refractivity contribution is 4.78. The highest BCUT2D eigenvalue weighted by Gasteiger charge is 2.25. The van der Waals surface area contributed by atoms with Gasteiger partial charge in [-0.05, 0) is 12.8 Å². The zero-order valence-electron chi connectivity index (χ0n) is 9.44. The number of nitrogens with two attached hydrogens (primary N) is 1. The second-order valence-corrected chi connectivity index (χ2v) is 3.95. The summed E-state index contributed by atoms with van der Waals surface area (Å²) in [6, 6.07) is 0. The van der Waals surface area contributed by atoms with Crippen molar-refractivity contribution in [1.82, 2.24) is 0 Å². The molecule has 1 atom stereocenters. The Balaban J connectivity index is 3.89. The minimum Gasteiger partial charge on any atom is -0.384 e. The first kappa shape index (κ1) is 12.9. The molecule has 1 unspecified atom stereocenters. The van der Waals surface area contributed by atoms with Gasteiger partial charge in [0.05, 0.1) is 6.61 Å². The molecular weight excluding hydrogens is 162 g/mol. The molecule has 0 aliphatic carbocycles. The van der Waals surface area contributed by atoms with Crippen LogP contribution in [0.5, 0.6) is 0 Å². The van der Waals surface area contributed by atoms with Crippen molar-refractivity contribution < 1.29 is 4.74 Å². The van der Waals surface area contributed by atoms with Gasteiger partial charge < -0.3 is 10.5 Å². The molecule has 0 rings (SSSR count). The van der Waals surface area contributed by atoms with E-state index < -0.39 is 0 Å². The number of hydrogen-bond donors (Lipinski definition) is 1. The van der Waals surface area contributed by atoms with Gasteiger partial charge in [0.15, 0.2) is 0 Å². The highest BCUT2D eigenvalue weighted by atomic mass is 16.5. The molecule has 0 aromatic heterocycles. The van der Waals surface area contributed by atoms with Crippen LogP contribution in [-0.2, 0) is 4.74 Å². The average Bonchev–Trinajstić information content (AvgIpc) is 2.17. The third kappa shape index (κ3) is 4.63. The summed E-state index contributed by atoms with van der Waals surface area (Å²) in [7, 11) is 1.76. The van der Waals surface area contributed by atoms with Gasteiger partial charge in [0.1, 0.15) is 0 Å². The second-order valence-electron chi connectivity index (χ2n) is 3.95. The summed E-state index contributed by atoms with van der Waals surface area (Å²) in [5, 5.41) is 0. The average molecular weight is 187 g/mol. The molecule has 0 heterocycles. The third-order valence-electron chi connectivity index (χ3n) is 2.94. The van der Waals surface area contributed by atoms with E-state index in [-0.39, 0.29) is 5.41 Å². The molecule has 0 radical (unpaired) electrons. The topological polar surface area (TPSA) is 35.2 Å². The molecule has 2 nitrogen and oxygen atoms in total. The first-order valence-electron chi connectivity index (χ1n) is 5.43. The van der Waals surface area contributed by atoms with Crippen LogP contribution < -0.4 is 5.73 Å². The molecule has 0 saturated carbocycles. The Morgan fingerprint density at radius 3 is 2.31 bits per heavy atom. The van der Waals surface area contributed by atoms with Gasteiger partial charge in [-0.15, -0.1) is 0 Å². The van der Waals surface area contributed by atoms with Crippen molar-refractivity contribution in [2.75, 3.05) is 20.3 Å². The van der Waals surface area contributed by atoms with Crippen molar-refractivity contribution in [2.24, 2.45) is 11.1 Å². The lowest BCUT2D eigenvalue weighted by Gasteiger charge is -2.30. The molecule has 0 aliphatic rings. The largest absolute Gasteiger partial charge is 0.384 e. The van der Waals surface area contributed by atoms with Crippen LogP contribution in [0.3, 0.4) is 0 Å². The first-order chi connectivity index (χ1) is 6.24. The van der Waals surface area contributed by atoms with Gasteiger partial charge >= 0.3 is 0 Å². The normalized spacial score (nSPS) is 15.7. The number of hydrogen-bond acceptors (Lipinski definition) is 2. The van der Waals surface area contributed by atoms with Crippen LogP contribution in [-0.4, -0.2) is 20.3 Å². The first-order valence-corrected chi connectivity index (χ1v) is 5.43. The van der Waals surface area contributed by atoms with E-state index in [1.807, 2.05) is 0 Å². The Morgan fingerprint density at radius 2 is 1.92 bits per heavy atom. The summed E-state index contributed by atoms with van der Waals surface area (Å²) in [6.07, 6.45) is 6.20. The number of methoxy groups -OCH3 is 1. The van der Waals surface area contributed by atoms with E-state index in [0.717, 1.165) is 19.6 Å². The molecule has 0 fully saturated rings. The summed E-state index contributed by atoms with van der Waals surface area (Å²) in [5.74, 6) is 0. The zero-order valence-corrected chi connectivity index (χ0v) is 9.44. The molecule has 0 aromatic carbocycles. The van der Waals surface area contributed by atoms with Gasteiger partial charge in [-0.2, -0.15) is 0 Å². The second kappa shape index (κ2) is 7.34. The summed E-state index contributed by atoms with van der Waals surface area (Å²) in [4.78, 5) is 0. The standard InChI is InChI=1S/C11H25NO/c1-4-6-7-8-11(5-2,9-12)10-13-3/h4-10,12H2,1-3H3. The maximum atomic E-state index is 5.81. The summed E-state index contributed by atoms with van der Waals surface area (Å²) in [5.41, 5.74) is 6.05. The molecule has 2 N–H and O–H groups in total. The van der Waals surface area contributed by atoms with Crippen molar-refractivity contribution >= 4 is 0 Å². The number of ether oxygens (including phenoxy) is 1. The predicted molar refractivity (Wildman–Crippen MR) is 57.8 cm³/mol. The van der Waals surface area contributed by atoms with E-state index in [9.17, 15) is 0 Å². The summed E-state index contributed by atoms with van der Waals surface area (Å²) < 4.78 is 5.24. The fraction of sp³-hybridized carbons (Fsp3) is 1.00. The Kier molecular flexibility index (Phi) is 7.29. The Morgan fingerprint density at radius 1 is 1.23 bits per heavy atom. The van der Waals surface area contributed by atoms with Gasteiger partial charge in [0, 0.05) is 19.1 Å². The molecule has 0 saturated heterocycles. The number of unbranched alkanes of at least 4 members (excludes halogenated alkanes) is 2. The predicted octanol–water partition coefficient (Wildman–Crippen LogP) is 2.57. The lowest BCUT2D eigenvalue weighted by Crippen LogP contribution is -2.34. The Labute approximate surface area is 82.8 Å². The molecule has 80 valence electrons. The van der Waals surface area contributed by atoms with E-state index in [1.54, 1.807) is 7.11 Å². The highest BCUT2D eigenvalue weighted by Crippen LogP contribution is 2.28. The van der Waals surface area contributed by atoms with Gasteiger partial charge in [0.25, 0.3) is 0 Å². The molecule has 2 heteroatoms. The molecule has 0 aliphatic heterocycles. The molecule has 0 spiro atoms. The van der Waals surface area contributed by atoms with Crippen LogP contribution in [0.4, 0.5) is 0 Å². The van der Waals surface area contributed by atoms with Gasteiger partial charge in [-0.3, -0.25) is 0 Å². The molecule has 0 amide bonds. The van der Waals surface area contributed by atoms with Crippen molar-refractivity contribution in [1.29, 1.82) is 0 Å². The smallest absolute Gasteiger partial charge is 0.0530 e. The summed E-state index contributed by atoms with van der Waals surface area (Å²) in [6.45, 7) is 6.00. The van der Waals surface area contributed by atoms with E-state index >= 15 is 0 Å². The minimum atomic E-state index is 0.240.